The molecular formula is C14H16N4O. The number of carbonyl (C=O) groups is 1. The number of rotatable bonds is 3. The fourth-order valence-corrected chi connectivity index (χ4v) is 2.24. The maximum Gasteiger partial charge on any atom is 0.255 e. The van der Waals surface area contributed by atoms with Gasteiger partial charge in [0.25, 0.3) is 5.91 Å². The number of hydrogen-bond donors (Lipinski definition) is 2. The van der Waals surface area contributed by atoms with Crippen molar-refractivity contribution in [3.63, 3.8) is 0 Å². The molecular weight excluding hydrogens is 240 g/mol. The summed E-state index contributed by atoms with van der Waals surface area (Å²) in [7, 11) is 0. The van der Waals surface area contributed by atoms with Crippen molar-refractivity contribution in [2.45, 2.75) is 26.6 Å². The Morgan fingerprint density at radius 1 is 1.42 bits per heavy atom. The minimum absolute atomic E-state index is 0.0923. The third kappa shape index (κ3) is 2.37. The molecule has 5 heteroatoms. The Bertz CT molecular complexity index is 618. The summed E-state index contributed by atoms with van der Waals surface area (Å²) >= 11 is 0. The molecule has 0 atom stereocenters. The smallest absolute Gasteiger partial charge is 0.255 e. The van der Waals surface area contributed by atoms with Crippen molar-refractivity contribution in [1.29, 1.82) is 0 Å². The van der Waals surface area contributed by atoms with Crippen LogP contribution in [0, 0.1) is 0 Å². The van der Waals surface area contributed by atoms with E-state index in [1.807, 2.05) is 31.3 Å². The molecule has 0 spiro atoms. The van der Waals surface area contributed by atoms with Crippen LogP contribution in [0.3, 0.4) is 0 Å². The minimum Gasteiger partial charge on any atom is -0.319 e. The minimum atomic E-state index is -0.0923. The number of anilines is 1. The topological polar surface area (TPSA) is 59.0 Å². The molecule has 3 rings (SSSR count). The maximum atomic E-state index is 12.1. The monoisotopic (exact) mass is 256 g/mol. The van der Waals surface area contributed by atoms with Crippen molar-refractivity contribution in [1.82, 2.24) is 15.1 Å². The van der Waals surface area contributed by atoms with Gasteiger partial charge in [-0.2, -0.15) is 5.10 Å². The number of aromatic nitrogens is 2. The van der Waals surface area contributed by atoms with Crippen LogP contribution < -0.4 is 10.6 Å². The molecule has 2 aromatic rings. The van der Waals surface area contributed by atoms with E-state index < -0.39 is 0 Å². The first-order chi connectivity index (χ1) is 9.26. The summed E-state index contributed by atoms with van der Waals surface area (Å²) in [5.41, 5.74) is 3.89. The number of nitrogens with zero attached hydrogens (tertiary/aromatic N) is 2. The predicted octanol–water partition coefficient (Wildman–Crippen LogP) is 1.76. The van der Waals surface area contributed by atoms with Gasteiger partial charge in [0, 0.05) is 31.4 Å². The summed E-state index contributed by atoms with van der Waals surface area (Å²) in [6, 6.07) is 5.83. The lowest BCUT2D eigenvalue weighted by atomic mass is 10.1. The van der Waals surface area contributed by atoms with Gasteiger partial charge in [-0.05, 0) is 30.2 Å². The van der Waals surface area contributed by atoms with E-state index in [-0.39, 0.29) is 5.91 Å². The summed E-state index contributed by atoms with van der Waals surface area (Å²) in [6.45, 7) is 4.53. The van der Waals surface area contributed by atoms with Gasteiger partial charge in [-0.15, -0.1) is 0 Å². The van der Waals surface area contributed by atoms with Crippen molar-refractivity contribution in [3.05, 3.63) is 47.3 Å². The summed E-state index contributed by atoms with van der Waals surface area (Å²) < 4.78 is 1.78. The molecule has 5 nitrogen and oxygen atoms in total. The summed E-state index contributed by atoms with van der Waals surface area (Å²) in [5.74, 6) is -0.0923. The first-order valence-corrected chi connectivity index (χ1v) is 6.42. The van der Waals surface area contributed by atoms with E-state index in [9.17, 15) is 4.79 Å². The van der Waals surface area contributed by atoms with Crippen LogP contribution in [0.4, 0.5) is 5.69 Å². The van der Waals surface area contributed by atoms with E-state index in [0.717, 1.165) is 25.3 Å². The van der Waals surface area contributed by atoms with Crippen molar-refractivity contribution in [2.75, 3.05) is 5.32 Å². The lowest BCUT2D eigenvalue weighted by molar-refractivity contribution is 0.102. The van der Waals surface area contributed by atoms with Gasteiger partial charge in [0.05, 0.1) is 11.9 Å². The molecule has 0 unspecified atom stereocenters. The molecule has 0 saturated heterocycles. The van der Waals surface area contributed by atoms with Gasteiger partial charge in [0.1, 0.15) is 0 Å². The number of carbonyl (C=O) groups excluding carboxylic acids is 1. The first kappa shape index (κ1) is 11.9. The van der Waals surface area contributed by atoms with Crippen LogP contribution in [0.5, 0.6) is 0 Å². The van der Waals surface area contributed by atoms with Gasteiger partial charge in [-0.1, -0.05) is 6.07 Å². The standard InChI is InChI=1S/C14H16N4O/c1-2-18-9-13(8-16-18)17-14(19)10-3-4-11-6-15-7-12(11)5-10/h3-5,8-9,15H,2,6-7H2,1H3,(H,17,19). The zero-order valence-corrected chi connectivity index (χ0v) is 10.8. The Kier molecular flexibility index (Phi) is 3.05. The second kappa shape index (κ2) is 4.85. The zero-order chi connectivity index (χ0) is 13.2. The van der Waals surface area contributed by atoms with E-state index >= 15 is 0 Å². The molecule has 0 aliphatic carbocycles. The second-order valence-corrected chi connectivity index (χ2v) is 4.63. The predicted molar refractivity (Wildman–Crippen MR) is 72.8 cm³/mol. The molecule has 2 N–H and O–H groups in total. The third-order valence-electron chi connectivity index (χ3n) is 3.31. The highest BCUT2D eigenvalue weighted by Crippen LogP contribution is 2.18. The van der Waals surface area contributed by atoms with Crippen LogP contribution in [-0.2, 0) is 19.6 Å². The Labute approximate surface area is 111 Å². The van der Waals surface area contributed by atoms with Crippen molar-refractivity contribution < 1.29 is 4.79 Å². The summed E-state index contributed by atoms with van der Waals surface area (Å²) in [6.07, 6.45) is 3.49. The zero-order valence-electron chi connectivity index (χ0n) is 10.8. The highest BCUT2D eigenvalue weighted by molar-refractivity contribution is 6.04. The first-order valence-electron chi connectivity index (χ1n) is 6.42. The van der Waals surface area contributed by atoms with E-state index in [0.29, 0.717) is 5.56 Å². The molecule has 0 bridgehead atoms. The molecule has 2 heterocycles. The Balaban J connectivity index is 1.76. The van der Waals surface area contributed by atoms with Crippen molar-refractivity contribution in [3.8, 4) is 0 Å². The summed E-state index contributed by atoms with van der Waals surface area (Å²) in [4.78, 5) is 12.1. The number of nitrogens with one attached hydrogen (secondary N) is 2. The molecule has 19 heavy (non-hydrogen) atoms. The number of benzene rings is 1. The molecule has 1 aliphatic heterocycles. The lowest BCUT2D eigenvalue weighted by Crippen LogP contribution is -2.11. The van der Waals surface area contributed by atoms with Crippen molar-refractivity contribution in [2.24, 2.45) is 0 Å². The van der Waals surface area contributed by atoms with Crippen LogP contribution in [0.1, 0.15) is 28.4 Å². The van der Waals surface area contributed by atoms with Crippen LogP contribution in [0.15, 0.2) is 30.6 Å². The van der Waals surface area contributed by atoms with E-state index in [1.54, 1.807) is 10.9 Å². The van der Waals surface area contributed by atoms with Crippen LogP contribution in [0.2, 0.25) is 0 Å². The number of fused-ring (bicyclic) bond motifs is 1. The number of hydrogen-bond acceptors (Lipinski definition) is 3. The molecule has 1 amide bonds. The third-order valence-corrected chi connectivity index (χ3v) is 3.31. The molecule has 1 aliphatic rings. The molecule has 98 valence electrons. The van der Waals surface area contributed by atoms with Gasteiger partial charge < -0.3 is 10.6 Å². The van der Waals surface area contributed by atoms with E-state index in [2.05, 4.69) is 15.7 Å². The fraction of sp³-hybridized carbons (Fsp3) is 0.286. The highest BCUT2D eigenvalue weighted by atomic mass is 16.1. The molecule has 1 aromatic heterocycles. The Hall–Kier alpha value is -2.14. The largest absolute Gasteiger partial charge is 0.319 e. The van der Waals surface area contributed by atoms with Crippen molar-refractivity contribution >= 4 is 11.6 Å². The number of amides is 1. The summed E-state index contributed by atoms with van der Waals surface area (Å²) in [5, 5.41) is 10.3. The molecule has 0 fully saturated rings. The fourth-order valence-electron chi connectivity index (χ4n) is 2.24. The Morgan fingerprint density at radius 3 is 3.05 bits per heavy atom. The lowest BCUT2D eigenvalue weighted by Gasteiger charge is -2.04. The Morgan fingerprint density at radius 2 is 2.26 bits per heavy atom. The molecule has 1 aromatic carbocycles. The normalized spacial score (nSPS) is 13.3. The SMILES string of the molecule is CCn1cc(NC(=O)c2ccc3c(c2)CNC3)cn1. The van der Waals surface area contributed by atoms with Gasteiger partial charge >= 0.3 is 0 Å². The van der Waals surface area contributed by atoms with Crippen LogP contribution in [-0.4, -0.2) is 15.7 Å². The quantitative estimate of drug-likeness (QED) is 0.879. The van der Waals surface area contributed by atoms with Gasteiger partial charge in [-0.25, -0.2) is 0 Å². The van der Waals surface area contributed by atoms with Crippen LogP contribution in [0.25, 0.3) is 0 Å². The maximum absolute atomic E-state index is 12.1. The average molecular weight is 256 g/mol. The molecule has 0 radical (unpaired) electrons. The highest BCUT2D eigenvalue weighted by Gasteiger charge is 2.13. The number of aryl methyl sites for hydroxylation is 1. The van der Waals surface area contributed by atoms with Gasteiger partial charge in [0.2, 0.25) is 0 Å². The second-order valence-electron chi connectivity index (χ2n) is 4.63. The van der Waals surface area contributed by atoms with Crippen LogP contribution >= 0.6 is 0 Å². The molecule has 0 saturated carbocycles. The van der Waals surface area contributed by atoms with Gasteiger partial charge in [-0.3, -0.25) is 9.48 Å². The van der Waals surface area contributed by atoms with Gasteiger partial charge in [0.15, 0.2) is 0 Å². The average Bonchev–Trinajstić information content (AvgIpc) is 3.05. The van der Waals surface area contributed by atoms with E-state index in [4.69, 9.17) is 0 Å². The van der Waals surface area contributed by atoms with E-state index in [1.165, 1.54) is 11.1 Å².